The predicted molar refractivity (Wildman–Crippen MR) is 84.2 cm³/mol. The number of halogens is 1. The summed E-state index contributed by atoms with van der Waals surface area (Å²) < 4.78 is 5.27. The molecule has 2 rings (SSSR count). The molecule has 0 aliphatic rings. The summed E-state index contributed by atoms with van der Waals surface area (Å²) in [6, 6.07) is 16.9. The molecule has 2 aromatic rings. The van der Waals surface area contributed by atoms with Gasteiger partial charge in [-0.05, 0) is 41.7 Å². The number of methoxy groups -OCH3 is 1. The third-order valence-electron chi connectivity index (χ3n) is 3.32. The number of alkyl halides is 1. The molecule has 0 radical (unpaired) electrons. The first kappa shape index (κ1) is 14.1. The third kappa shape index (κ3) is 3.60. The lowest BCUT2D eigenvalue weighted by atomic mass is 9.98. The van der Waals surface area contributed by atoms with E-state index in [0.29, 0.717) is 4.83 Å². The molecule has 1 unspecified atom stereocenters. The number of benzene rings is 2. The zero-order chi connectivity index (χ0) is 13.7. The van der Waals surface area contributed by atoms with Crippen molar-refractivity contribution in [3.8, 4) is 5.75 Å². The van der Waals surface area contributed by atoms with Gasteiger partial charge in [-0.3, -0.25) is 0 Å². The van der Waals surface area contributed by atoms with Crippen molar-refractivity contribution in [1.82, 2.24) is 0 Å². The first-order valence-corrected chi connectivity index (χ1v) is 7.51. The van der Waals surface area contributed by atoms with Gasteiger partial charge in [0.25, 0.3) is 0 Å². The van der Waals surface area contributed by atoms with Gasteiger partial charge in [0.05, 0.1) is 7.11 Å². The van der Waals surface area contributed by atoms with Gasteiger partial charge in [-0.15, -0.1) is 0 Å². The molecule has 0 aliphatic carbocycles. The Bertz CT molecular complexity index is 536. The summed E-state index contributed by atoms with van der Waals surface area (Å²) in [6.45, 7) is 2.20. The molecule has 0 saturated heterocycles. The highest BCUT2D eigenvalue weighted by molar-refractivity contribution is 9.09. The van der Waals surface area contributed by atoms with E-state index in [9.17, 15) is 0 Å². The lowest BCUT2D eigenvalue weighted by Crippen LogP contribution is -2.00. The zero-order valence-corrected chi connectivity index (χ0v) is 13.0. The Balaban J connectivity index is 2.18. The fraction of sp³-hybridized carbons (Fsp3) is 0.294. The predicted octanol–water partition coefficient (Wildman–Crippen LogP) is 4.94. The van der Waals surface area contributed by atoms with E-state index in [1.54, 1.807) is 7.11 Å². The average Bonchev–Trinajstić information content (AvgIpc) is 2.47. The van der Waals surface area contributed by atoms with Crippen LogP contribution in [0.1, 0.15) is 28.4 Å². The Morgan fingerprint density at radius 3 is 2.63 bits per heavy atom. The fourth-order valence-corrected chi connectivity index (χ4v) is 3.10. The second-order valence-corrected chi connectivity index (χ2v) is 5.68. The molecule has 0 amide bonds. The third-order valence-corrected chi connectivity index (χ3v) is 4.14. The smallest absolute Gasteiger partial charge is 0.119 e. The van der Waals surface area contributed by atoms with Crippen molar-refractivity contribution in [3.63, 3.8) is 0 Å². The molecular formula is C17H19BrO. The maximum absolute atomic E-state index is 5.27. The topological polar surface area (TPSA) is 9.23 Å². The molecule has 0 aromatic heterocycles. The first-order valence-electron chi connectivity index (χ1n) is 6.59. The second-order valence-electron chi connectivity index (χ2n) is 4.58. The Morgan fingerprint density at radius 1 is 1.11 bits per heavy atom. The standard InChI is InChI=1S/C17H19BrO/c1-3-14-8-4-5-10-16(14)17(18)12-13-7-6-9-15(11-13)19-2/h4-11,17H,3,12H2,1-2H3. The minimum absolute atomic E-state index is 0.343. The van der Waals surface area contributed by atoms with Gasteiger partial charge in [-0.25, -0.2) is 0 Å². The van der Waals surface area contributed by atoms with Crippen LogP contribution in [0, 0.1) is 0 Å². The van der Waals surface area contributed by atoms with Gasteiger partial charge < -0.3 is 4.74 Å². The Morgan fingerprint density at radius 2 is 1.89 bits per heavy atom. The van der Waals surface area contributed by atoms with Crippen molar-refractivity contribution in [2.75, 3.05) is 7.11 Å². The van der Waals surface area contributed by atoms with Crippen LogP contribution in [0.3, 0.4) is 0 Å². The molecule has 0 fully saturated rings. The molecule has 100 valence electrons. The van der Waals surface area contributed by atoms with Crippen LogP contribution in [-0.4, -0.2) is 7.11 Å². The van der Waals surface area contributed by atoms with Crippen LogP contribution in [0.4, 0.5) is 0 Å². The molecule has 0 aliphatic heterocycles. The van der Waals surface area contributed by atoms with Crippen LogP contribution < -0.4 is 4.74 Å². The van der Waals surface area contributed by atoms with Crippen molar-refractivity contribution >= 4 is 15.9 Å². The number of hydrogen-bond acceptors (Lipinski definition) is 1. The van der Waals surface area contributed by atoms with E-state index in [0.717, 1.165) is 18.6 Å². The molecule has 1 nitrogen and oxygen atoms in total. The monoisotopic (exact) mass is 318 g/mol. The van der Waals surface area contributed by atoms with Gasteiger partial charge in [0.15, 0.2) is 0 Å². The van der Waals surface area contributed by atoms with Gasteiger partial charge in [0.1, 0.15) is 5.75 Å². The summed E-state index contributed by atoms with van der Waals surface area (Å²) >= 11 is 3.82. The van der Waals surface area contributed by atoms with E-state index in [-0.39, 0.29) is 0 Å². The largest absolute Gasteiger partial charge is 0.497 e. The fourth-order valence-electron chi connectivity index (χ4n) is 2.28. The second kappa shape index (κ2) is 6.76. The number of rotatable bonds is 5. The molecule has 2 heteroatoms. The Kier molecular flexibility index (Phi) is 5.03. The lowest BCUT2D eigenvalue weighted by molar-refractivity contribution is 0.414. The number of ether oxygens (including phenoxy) is 1. The molecule has 0 saturated carbocycles. The highest BCUT2D eigenvalue weighted by Crippen LogP contribution is 2.30. The summed E-state index contributed by atoms with van der Waals surface area (Å²) in [5, 5.41) is 0. The first-order chi connectivity index (χ1) is 9.24. The van der Waals surface area contributed by atoms with Gasteiger partial charge in [-0.1, -0.05) is 59.3 Å². The van der Waals surface area contributed by atoms with Crippen molar-refractivity contribution < 1.29 is 4.74 Å². The summed E-state index contributed by atoms with van der Waals surface area (Å²) in [5.74, 6) is 0.918. The highest BCUT2D eigenvalue weighted by Gasteiger charge is 2.12. The summed E-state index contributed by atoms with van der Waals surface area (Å²) in [7, 11) is 1.71. The molecule has 1 atom stereocenters. The van der Waals surface area contributed by atoms with E-state index >= 15 is 0 Å². The molecule has 0 bridgehead atoms. The normalized spacial score (nSPS) is 12.2. The average molecular weight is 319 g/mol. The van der Waals surface area contributed by atoms with E-state index in [1.807, 2.05) is 12.1 Å². The number of aryl methyl sites for hydroxylation is 1. The van der Waals surface area contributed by atoms with Gasteiger partial charge in [0, 0.05) is 4.83 Å². The Hall–Kier alpha value is -1.28. The number of hydrogen-bond donors (Lipinski definition) is 0. The van der Waals surface area contributed by atoms with Gasteiger partial charge in [0.2, 0.25) is 0 Å². The van der Waals surface area contributed by atoms with Crippen molar-refractivity contribution in [2.24, 2.45) is 0 Å². The van der Waals surface area contributed by atoms with E-state index < -0.39 is 0 Å². The van der Waals surface area contributed by atoms with E-state index in [1.165, 1.54) is 16.7 Å². The van der Waals surface area contributed by atoms with Crippen molar-refractivity contribution in [1.29, 1.82) is 0 Å². The van der Waals surface area contributed by atoms with Crippen LogP contribution in [0.2, 0.25) is 0 Å². The van der Waals surface area contributed by atoms with Gasteiger partial charge >= 0.3 is 0 Å². The van der Waals surface area contributed by atoms with Crippen LogP contribution in [-0.2, 0) is 12.8 Å². The minimum atomic E-state index is 0.343. The van der Waals surface area contributed by atoms with E-state index in [2.05, 4.69) is 59.3 Å². The van der Waals surface area contributed by atoms with Gasteiger partial charge in [-0.2, -0.15) is 0 Å². The Labute approximate surface area is 123 Å². The maximum atomic E-state index is 5.27. The molecule has 0 spiro atoms. The molecule has 2 aromatic carbocycles. The quantitative estimate of drug-likeness (QED) is 0.710. The maximum Gasteiger partial charge on any atom is 0.119 e. The van der Waals surface area contributed by atoms with Crippen molar-refractivity contribution in [3.05, 3.63) is 65.2 Å². The SMILES string of the molecule is CCc1ccccc1C(Br)Cc1cccc(OC)c1. The van der Waals surface area contributed by atoms with Crippen LogP contribution in [0.15, 0.2) is 48.5 Å². The van der Waals surface area contributed by atoms with Crippen LogP contribution in [0.25, 0.3) is 0 Å². The summed E-state index contributed by atoms with van der Waals surface area (Å²) in [6.07, 6.45) is 2.03. The van der Waals surface area contributed by atoms with Crippen LogP contribution >= 0.6 is 15.9 Å². The molecule has 0 N–H and O–H groups in total. The van der Waals surface area contributed by atoms with Crippen LogP contribution in [0.5, 0.6) is 5.75 Å². The molecule has 19 heavy (non-hydrogen) atoms. The lowest BCUT2D eigenvalue weighted by Gasteiger charge is -2.15. The highest BCUT2D eigenvalue weighted by atomic mass is 79.9. The zero-order valence-electron chi connectivity index (χ0n) is 11.4. The minimum Gasteiger partial charge on any atom is -0.497 e. The van der Waals surface area contributed by atoms with Crippen molar-refractivity contribution in [2.45, 2.75) is 24.6 Å². The molecule has 0 heterocycles. The summed E-state index contributed by atoms with van der Waals surface area (Å²) in [5.41, 5.74) is 4.08. The summed E-state index contributed by atoms with van der Waals surface area (Å²) in [4.78, 5) is 0.343. The van der Waals surface area contributed by atoms with E-state index in [4.69, 9.17) is 4.74 Å². The molecular weight excluding hydrogens is 300 g/mol.